The Labute approximate surface area is 106 Å². The molecule has 18 heavy (non-hydrogen) atoms. The molecule has 0 bridgehead atoms. The summed E-state index contributed by atoms with van der Waals surface area (Å²) < 4.78 is 26.1. The zero-order valence-electron chi connectivity index (χ0n) is 10.7. The molecule has 0 saturated heterocycles. The summed E-state index contributed by atoms with van der Waals surface area (Å²) >= 11 is 0. The second kappa shape index (κ2) is 5.96. The average Bonchev–Trinajstić information content (AvgIpc) is 2.31. The summed E-state index contributed by atoms with van der Waals surface area (Å²) in [6, 6.07) is 0.0297. The van der Waals surface area contributed by atoms with Crippen LogP contribution >= 0.6 is 0 Å². The number of nitrogens with zero attached hydrogens (tertiary/aromatic N) is 2. The summed E-state index contributed by atoms with van der Waals surface area (Å²) in [5, 5.41) is 2.74. The van der Waals surface area contributed by atoms with Gasteiger partial charge in [-0.05, 0) is 20.9 Å². The summed E-state index contributed by atoms with van der Waals surface area (Å²) in [7, 11) is -1.93. The lowest BCUT2D eigenvalue weighted by molar-refractivity contribution is 0.575. The molecule has 1 heterocycles. The monoisotopic (exact) mass is 274 g/mol. The molecule has 2 N–H and O–H groups in total. The first-order chi connectivity index (χ1) is 8.37. The van der Waals surface area contributed by atoms with Crippen molar-refractivity contribution < 1.29 is 8.42 Å². The molecule has 8 heteroatoms. The van der Waals surface area contributed by atoms with Crippen molar-refractivity contribution in [2.45, 2.75) is 19.9 Å². The highest BCUT2D eigenvalue weighted by molar-refractivity contribution is 7.89. The second-order valence-electron chi connectivity index (χ2n) is 4.03. The van der Waals surface area contributed by atoms with Crippen LogP contribution < -0.4 is 15.6 Å². The molecular weight excluding hydrogens is 256 g/mol. The Hall–Kier alpha value is -1.41. The molecule has 102 valence electrons. The lowest BCUT2D eigenvalue weighted by Gasteiger charge is -2.11. The Morgan fingerprint density at radius 2 is 2.11 bits per heavy atom. The molecule has 1 rings (SSSR count). The number of hydrogen-bond donors (Lipinski definition) is 2. The predicted molar refractivity (Wildman–Crippen MR) is 70.2 cm³/mol. The lowest BCUT2D eigenvalue weighted by Crippen LogP contribution is -2.30. The molecule has 0 radical (unpaired) electrons. The molecule has 0 aliphatic heterocycles. The third kappa shape index (κ3) is 3.81. The second-order valence-corrected chi connectivity index (χ2v) is 6.08. The molecule has 0 aliphatic rings. The Morgan fingerprint density at radius 1 is 1.44 bits per heavy atom. The molecule has 0 amide bonds. The van der Waals surface area contributed by atoms with Crippen molar-refractivity contribution in [1.82, 2.24) is 14.3 Å². The van der Waals surface area contributed by atoms with Crippen LogP contribution in [0.4, 0.5) is 5.82 Å². The van der Waals surface area contributed by atoms with Gasteiger partial charge in [0.1, 0.15) is 0 Å². The largest absolute Gasteiger partial charge is 0.364 e. The molecule has 0 saturated carbocycles. The zero-order chi connectivity index (χ0) is 13.8. The third-order valence-corrected chi connectivity index (χ3v) is 3.76. The number of sulfonamides is 1. The highest BCUT2D eigenvalue weighted by Gasteiger charge is 2.09. The van der Waals surface area contributed by atoms with Gasteiger partial charge in [0.2, 0.25) is 10.0 Å². The van der Waals surface area contributed by atoms with Crippen molar-refractivity contribution >= 4 is 15.8 Å². The van der Waals surface area contributed by atoms with Crippen molar-refractivity contribution in [3.05, 3.63) is 22.7 Å². The summed E-state index contributed by atoms with van der Waals surface area (Å²) in [6.07, 6.45) is 3.11. The summed E-state index contributed by atoms with van der Waals surface area (Å²) in [4.78, 5) is 15.8. The molecular formula is C10H18N4O3S. The van der Waals surface area contributed by atoms with Gasteiger partial charge in [-0.15, -0.1) is 0 Å². The fourth-order valence-electron chi connectivity index (χ4n) is 1.36. The third-order valence-electron chi connectivity index (χ3n) is 2.40. The molecule has 7 nitrogen and oxygen atoms in total. The van der Waals surface area contributed by atoms with Crippen LogP contribution in [0, 0.1) is 0 Å². The standard InChI is InChI=1S/C10H18N4O3S/c1-8(2)14-6-4-12-9(10(14)15)13-5-7-18(16,17)11-3/h4,6,8,11H,5,7H2,1-3H3,(H,12,13). The first kappa shape index (κ1) is 14.7. The van der Waals surface area contributed by atoms with Crippen LogP contribution in [0.3, 0.4) is 0 Å². The number of nitrogens with one attached hydrogen (secondary N) is 2. The van der Waals surface area contributed by atoms with Gasteiger partial charge in [-0.2, -0.15) is 0 Å². The van der Waals surface area contributed by atoms with E-state index in [-0.39, 0.29) is 29.7 Å². The van der Waals surface area contributed by atoms with Gasteiger partial charge in [0.25, 0.3) is 5.56 Å². The fraction of sp³-hybridized carbons (Fsp3) is 0.600. The van der Waals surface area contributed by atoms with Crippen molar-refractivity contribution in [3.63, 3.8) is 0 Å². The number of aromatic nitrogens is 2. The minimum atomic E-state index is -3.28. The van der Waals surface area contributed by atoms with Crippen molar-refractivity contribution in [1.29, 1.82) is 0 Å². The first-order valence-electron chi connectivity index (χ1n) is 5.59. The minimum absolute atomic E-state index is 0.0297. The van der Waals surface area contributed by atoms with Gasteiger partial charge in [0.15, 0.2) is 5.82 Å². The van der Waals surface area contributed by atoms with Gasteiger partial charge in [-0.25, -0.2) is 18.1 Å². The smallest absolute Gasteiger partial charge is 0.293 e. The van der Waals surface area contributed by atoms with E-state index in [4.69, 9.17) is 0 Å². The Bertz CT molecular complexity index is 550. The van der Waals surface area contributed by atoms with Gasteiger partial charge in [-0.1, -0.05) is 0 Å². The van der Waals surface area contributed by atoms with Crippen molar-refractivity contribution in [2.24, 2.45) is 0 Å². The summed E-state index contributed by atoms with van der Waals surface area (Å²) in [6.45, 7) is 3.90. The zero-order valence-corrected chi connectivity index (χ0v) is 11.5. The lowest BCUT2D eigenvalue weighted by atomic mass is 10.4. The normalized spacial score (nSPS) is 11.8. The topological polar surface area (TPSA) is 93.1 Å². The van der Waals surface area contributed by atoms with E-state index < -0.39 is 10.0 Å². The molecule has 1 aromatic rings. The van der Waals surface area contributed by atoms with Crippen LogP contribution in [0.5, 0.6) is 0 Å². The maximum absolute atomic E-state index is 11.9. The average molecular weight is 274 g/mol. The Morgan fingerprint density at radius 3 is 2.67 bits per heavy atom. The Balaban J connectivity index is 2.75. The fourth-order valence-corrected chi connectivity index (χ4v) is 1.93. The highest BCUT2D eigenvalue weighted by Crippen LogP contribution is 2.01. The molecule has 1 aromatic heterocycles. The maximum Gasteiger partial charge on any atom is 0.293 e. The van der Waals surface area contributed by atoms with E-state index in [1.54, 1.807) is 6.20 Å². The Kier molecular flexibility index (Phi) is 4.85. The minimum Gasteiger partial charge on any atom is -0.364 e. The van der Waals surface area contributed by atoms with Gasteiger partial charge in [0, 0.05) is 25.0 Å². The molecule has 0 atom stereocenters. The van der Waals surface area contributed by atoms with Crippen LogP contribution in [-0.2, 0) is 10.0 Å². The summed E-state index contributed by atoms with van der Waals surface area (Å²) in [5.74, 6) is 0.0544. The van der Waals surface area contributed by atoms with Crippen molar-refractivity contribution in [3.8, 4) is 0 Å². The highest BCUT2D eigenvalue weighted by atomic mass is 32.2. The first-order valence-corrected chi connectivity index (χ1v) is 7.25. The van der Waals surface area contributed by atoms with E-state index in [9.17, 15) is 13.2 Å². The van der Waals surface area contributed by atoms with E-state index >= 15 is 0 Å². The number of hydrogen-bond acceptors (Lipinski definition) is 5. The van der Waals surface area contributed by atoms with E-state index in [2.05, 4.69) is 15.0 Å². The van der Waals surface area contributed by atoms with Gasteiger partial charge >= 0.3 is 0 Å². The van der Waals surface area contributed by atoms with Crippen LogP contribution in [0.1, 0.15) is 19.9 Å². The maximum atomic E-state index is 11.9. The quantitative estimate of drug-likeness (QED) is 0.748. The van der Waals surface area contributed by atoms with Crippen molar-refractivity contribution in [2.75, 3.05) is 24.7 Å². The van der Waals surface area contributed by atoms with E-state index in [0.717, 1.165) is 0 Å². The van der Waals surface area contributed by atoms with Gasteiger partial charge in [0.05, 0.1) is 5.75 Å². The van der Waals surface area contributed by atoms with Crippen LogP contribution in [-0.4, -0.2) is 37.3 Å². The molecule has 0 spiro atoms. The van der Waals surface area contributed by atoms with Crippen LogP contribution in [0.2, 0.25) is 0 Å². The van der Waals surface area contributed by atoms with E-state index in [1.807, 2.05) is 13.8 Å². The van der Waals surface area contributed by atoms with Crippen LogP contribution in [0.15, 0.2) is 17.2 Å². The predicted octanol–water partition coefficient (Wildman–Crippen LogP) is -0.215. The number of rotatable bonds is 6. The molecule has 0 aliphatic carbocycles. The molecule has 0 aromatic carbocycles. The van der Waals surface area contributed by atoms with E-state index in [1.165, 1.54) is 17.8 Å². The molecule has 0 unspecified atom stereocenters. The number of anilines is 1. The van der Waals surface area contributed by atoms with E-state index in [0.29, 0.717) is 0 Å². The SMILES string of the molecule is CNS(=O)(=O)CCNc1nccn(C(C)C)c1=O. The van der Waals surface area contributed by atoms with Gasteiger partial charge < -0.3 is 9.88 Å². The van der Waals surface area contributed by atoms with Crippen LogP contribution in [0.25, 0.3) is 0 Å². The molecule has 0 fully saturated rings. The van der Waals surface area contributed by atoms with Gasteiger partial charge in [-0.3, -0.25) is 4.79 Å². The summed E-state index contributed by atoms with van der Waals surface area (Å²) in [5.41, 5.74) is -0.255.